The summed E-state index contributed by atoms with van der Waals surface area (Å²) in [6.07, 6.45) is 22.0. The fourth-order valence-corrected chi connectivity index (χ4v) is 3.33. The Kier molecular flexibility index (Phi) is 13.9. The van der Waals surface area contributed by atoms with Crippen LogP contribution >= 0.6 is 0 Å². The summed E-state index contributed by atoms with van der Waals surface area (Å²) >= 11 is 0. The molecule has 0 radical (unpaired) electrons. The molecule has 0 bridgehead atoms. The molecule has 1 aromatic rings. The minimum Gasteiger partial charge on any atom is -0.494 e. The molecule has 30 heavy (non-hydrogen) atoms. The van der Waals surface area contributed by atoms with Crippen LogP contribution in [-0.4, -0.2) is 13.2 Å². The molecule has 0 amide bonds. The van der Waals surface area contributed by atoms with Crippen LogP contribution in [0.15, 0.2) is 49.5 Å². The third-order valence-corrected chi connectivity index (χ3v) is 5.18. The molecule has 1 rings (SSSR count). The fourth-order valence-electron chi connectivity index (χ4n) is 3.33. The smallest absolute Gasteiger partial charge is 0.119 e. The summed E-state index contributed by atoms with van der Waals surface area (Å²) in [6.45, 7) is 8.29. The Balaban J connectivity index is 2.33. The number of benzene rings is 1. The largest absolute Gasteiger partial charge is 0.494 e. The van der Waals surface area contributed by atoms with Gasteiger partial charge < -0.3 is 9.47 Å². The van der Waals surface area contributed by atoms with Crippen LogP contribution in [0.1, 0.15) is 108 Å². The standard InChI is InChI=1S/C28H46O2/c1-3-5-7-9-11-13-15-17-19-25-29-27-21-23-28(24-22-27)30-26-20-18-16-14-12-10-8-6-4-2/h3-4,21-24H,1-2,5-20,25-26H2/i21D,22D,23D,24D. The molecule has 0 unspecified atom stereocenters. The Labute approximate surface area is 192 Å². The van der Waals surface area contributed by atoms with E-state index >= 15 is 0 Å². The first kappa shape index (κ1) is 20.2. The van der Waals surface area contributed by atoms with Crippen molar-refractivity contribution in [2.75, 3.05) is 13.2 Å². The zero-order chi connectivity index (χ0) is 25.0. The highest BCUT2D eigenvalue weighted by atomic mass is 16.5. The third-order valence-electron chi connectivity index (χ3n) is 5.18. The summed E-state index contributed by atoms with van der Waals surface area (Å²) in [5, 5.41) is 0. The van der Waals surface area contributed by atoms with E-state index in [2.05, 4.69) is 13.2 Å². The lowest BCUT2D eigenvalue weighted by molar-refractivity contribution is 0.296. The molecule has 0 heterocycles. The van der Waals surface area contributed by atoms with Gasteiger partial charge in [-0.15, -0.1) is 13.2 Å². The van der Waals surface area contributed by atoms with E-state index in [9.17, 15) is 0 Å². The van der Waals surface area contributed by atoms with Crippen molar-refractivity contribution < 1.29 is 15.0 Å². The number of rotatable bonds is 22. The van der Waals surface area contributed by atoms with Crippen LogP contribution in [0.5, 0.6) is 11.5 Å². The van der Waals surface area contributed by atoms with Gasteiger partial charge in [0, 0.05) is 0 Å². The van der Waals surface area contributed by atoms with Gasteiger partial charge in [0.05, 0.1) is 18.7 Å². The van der Waals surface area contributed by atoms with E-state index in [1.54, 1.807) is 0 Å². The summed E-state index contributed by atoms with van der Waals surface area (Å²) in [6, 6.07) is -0.619. The van der Waals surface area contributed by atoms with Crippen molar-refractivity contribution in [1.29, 1.82) is 0 Å². The van der Waals surface area contributed by atoms with E-state index in [0.717, 1.165) is 51.4 Å². The molecule has 0 fully saturated rings. The summed E-state index contributed by atoms with van der Waals surface area (Å²) in [5.41, 5.74) is 0. The molecule has 0 aromatic heterocycles. The van der Waals surface area contributed by atoms with Crippen molar-refractivity contribution in [3.05, 3.63) is 49.5 Å². The Hall–Kier alpha value is -1.70. The van der Waals surface area contributed by atoms with Crippen molar-refractivity contribution in [2.45, 2.75) is 103 Å². The minimum absolute atomic E-state index is 0.0308. The van der Waals surface area contributed by atoms with Crippen molar-refractivity contribution in [3.8, 4) is 11.5 Å². The number of unbranched alkanes of at least 4 members (excludes halogenated alkanes) is 14. The van der Waals surface area contributed by atoms with Crippen LogP contribution in [0.3, 0.4) is 0 Å². The zero-order valence-electron chi connectivity index (χ0n) is 23.1. The molecule has 0 aliphatic carbocycles. The Morgan fingerprint density at radius 3 is 1.17 bits per heavy atom. The van der Waals surface area contributed by atoms with Crippen molar-refractivity contribution >= 4 is 0 Å². The minimum atomic E-state index is -0.155. The fraction of sp³-hybridized carbons (Fsp3) is 0.643. The number of allylic oxidation sites excluding steroid dienone is 2. The Bertz CT molecular complexity index is 618. The van der Waals surface area contributed by atoms with Gasteiger partial charge in [-0.05, 0) is 62.7 Å². The maximum atomic E-state index is 8.23. The first-order valence-electron chi connectivity index (χ1n) is 14.1. The molecule has 0 spiro atoms. The second-order valence-electron chi connectivity index (χ2n) is 7.96. The average molecular weight is 419 g/mol. The molecule has 0 aliphatic rings. The molecule has 0 aliphatic heterocycles. The van der Waals surface area contributed by atoms with Crippen LogP contribution < -0.4 is 9.47 Å². The van der Waals surface area contributed by atoms with E-state index in [0.29, 0.717) is 13.2 Å². The molecule has 0 N–H and O–H groups in total. The molecule has 1 aromatic carbocycles. The topological polar surface area (TPSA) is 18.5 Å². The van der Waals surface area contributed by atoms with Crippen LogP contribution in [0, 0.1) is 0 Å². The van der Waals surface area contributed by atoms with Gasteiger partial charge in [0.15, 0.2) is 0 Å². The highest BCUT2D eigenvalue weighted by Gasteiger charge is 1.98. The quantitative estimate of drug-likeness (QED) is 0.138. The Morgan fingerprint density at radius 2 is 0.833 bits per heavy atom. The van der Waals surface area contributed by atoms with Crippen LogP contribution in [0.4, 0.5) is 0 Å². The van der Waals surface area contributed by atoms with Gasteiger partial charge in [0.1, 0.15) is 11.5 Å². The predicted molar refractivity (Wildman–Crippen MR) is 132 cm³/mol. The first-order chi connectivity index (χ1) is 16.5. The Morgan fingerprint density at radius 1 is 0.533 bits per heavy atom. The number of ether oxygens (including phenoxy) is 2. The molecular formula is C28H46O2. The van der Waals surface area contributed by atoms with Gasteiger partial charge in [0.25, 0.3) is 0 Å². The van der Waals surface area contributed by atoms with Gasteiger partial charge in [0.2, 0.25) is 0 Å². The second-order valence-corrected chi connectivity index (χ2v) is 7.96. The van der Waals surface area contributed by atoms with E-state index in [1.165, 1.54) is 51.4 Å². The third kappa shape index (κ3) is 16.1. The lowest BCUT2D eigenvalue weighted by Crippen LogP contribution is -1.99. The predicted octanol–water partition coefficient (Wildman–Crippen LogP) is 9.06. The lowest BCUT2D eigenvalue weighted by Gasteiger charge is -2.09. The summed E-state index contributed by atoms with van der Waals surface area (Å²) in [4.78, 5) is 0. The zero-order valence-corrected chi connectivity index (χ0v) is 19.1. The lowest BCUT2D eigenvalue weighted by atomic mass is 10.1. The monoisotopic (exact) mass is 418 g/mol. The SMILES string of the molecule is [2H]c1c([2H])c(OCCCCCCCCCC=C)c([2H])c([2H])c1OCCCCCCCCCC=C. The van der Waals surface area contributed by atoms with Gasteiger partial charge in [-0.2, -0.15) is 0 Å². The van der Waals surface area contributed by atoms with Crippen molar-refractivity contribution in [3.63, 3.8) is 0 Å². The second kappa shape index (κ2) is 20.6. The highest BCUT2D eigenvalue weighted by molar-refractivity contribution is 5.31. The van der Waals surface area contributed by atoms with Crippen LogP contribution in [0.25, 0.3) is 0 Å². The summed E-state index contributed by atoms with van der Waals surface area (Å²) < 4.78 is 44.3. The van der Waals surface area contributed by atoms with Gasteiger partial charge in [-0.3, -0.25) is 0 Å². The van der Waals surface area contributed by atoms with Gasteiger partial charge in [-0.1, -0.05) is 76.4 Å². The molecule has 0 atom stereocenters. The van der Waals surface area contributed by atoms with E-state index < -0.39 is 0 Å². The van der Waals surface area contributed by atoms with Gasteiger partial charge in [-0.25, -0.2) is 0 Å². The average Bonchev–Trinajstić information content (AvgIpc) is 2.84. The molecule has 0 saturated heterocycles. The van der Waals surface area contributed by atoms with Crippen LogP contribution in [-0.2, 0) is 0 Å². The maximum Gasteiger partial charge on any atom is 0.119 e. The van der Waals surface area contributed by atoms with Crippen molar-refractivity contribution in [2.24, 2.45) is 0 Å². The highest BCUT2D eigenvalue weighted by Crippen LogP contribution is 2.19. The molecule has 2 heteroatoms. The first-order valence-corrected chi connectivity index (χ1v) is 12.1. The normalized spacial score (nSPS) is 12.5. The molecule has 2 nitrogen and oxygen atoms in total. The van der Waals surface area contributed by atoms with Gasteiger partial charge >= 0.3 is 0 Å². The van der Waals surface area contributed by atoms with E-state index in [1.807, 2.05) is 12.2 Å². The molecule has 0 saturated carbocycles. The maximum absolute atomic E-state index is 8.23. The van der Waals surface area contributed by atoms with Crippen LogP contribution in [0.2, 0.25) is 0 Å². The van der Waals surface area contributed by atoms with Crippen molar-refractivity contribution in [1.82, 2.24) is 0 Å². The molecule has 170 valence electrons. The number of hydrogen-bond acceptors (Lipinski definition) is 2. The van der Waals surface area contributed by atoms with E-state index in [4.69, 9.17) is 15.0 Å². The summed E-state index contributed by atoms with van der Waals surface area (Å²) in [5.74, 6) is 0.0615. The number of hydrogen-bond donors (Lipinski definition) is 0. The molecular weight excluding hydrogens is 368 g/mol. The van der Waals surface area contributed by atoms with E-state index in [-0.39, 0.29) is 35.7 Å². The summed E-state index contributed by atoms with van der Waals surface area (Å²) in [7, 11) is 0.